The number of anilines is 1. The Morgan fingerprint density at radius 2 is 1.72 bits per heavy atom. The average Bonchev–Trinajstić information content (AvgIpc) is 3.65. The Bertz CT molecular complexity index is 2330. The van der Waals surface area contributed by atoms with Crippen LogP contribution in [0.2, 0.25) is 0 Å². The van der Waals surface area contributed by atoms with Gasteiger partial charge in [-0.1, -0.05) is 39.3 Å². The minimum absolute atomic E-state index is 0.0923. The summed E-state index contributed by atoms with van der Waals surface area (Å²) < 4.78 is 19.3. The third-order valence-corrected chi connectivity index (χ3v) is 13.4. The molecular weight excluding hydrogens is 794 g/mol. The van der Waals surface area contributed by atoms with Crippen LogP contribution in [0, 0.1) is 0 Å². The van der Waals surface area contributed by atoms with Crippen LogP contribution in [0.4, 0.5) is 10.5 Å². The van der Waals surface area contributed by atoms with E-state index in [-0.39, 0.29) is 37.6 Å². The van der Waals surface area contributed by atoms with Crippen molar-refractivity contribution >= 4 is 46.2 Å². The van der Waals surface area contributed by atoms with Gasteiger partial charge < -0.3 is 33.5 Å². The molecule has 0 saturated carbocycles. The fraction of sp³-hybridized carbons (Fsp3) is 0.521. The SMILES string of the molecule is CCCN(CCCl)c1ccc(CCCC(=O)O[C@]2(CC)C(=O)OCc3c2cc2n(c3=O)Cc3c-2nc2ccc(OC(=O)N4CCC(N5CCCCC5)CC4)cc2c3CC)cc1. The van der Waals surface area contributed by atoms with Crippen molar-refractivity contribution in [1.82, 2.24) is 19.4 Å². The fourth-order valence-electron chi connectivity index (χ4n) is 9.93. The van der Waals surface area contributed by atoms with E-state index in [0.29, 0.717) is 78.1 Å². The van der Waals surface area contributed by atoms with Crippen molar-refractivity contribution in [1.29, 1.82) is 0 Å². The molecule has 8 rings (SSSR count). The van der Waals surface area contributed by atoms with Crippen LogP contribution in [-0.2, 0) is 50.7 Å². The molecule has 324 valence electrons. The molecule has 2 aromatic heterocycles. The summed E-state index contributed by atoms with van der Waals surface area (Å²) in [5.41, 5.74) is 4.61. The van der Waals surface area contributed by atoms with E-state index in [9.17, 15) is 19.2 Å². The van der Waals surface area contributed by atoms with E-state index in [1.807, 2.05) is 17.0 Å². The number of likely N-dealkylation sites (tertiary alicyclic amines) is 2. The fourth-order valence-corrected chi connectivity index (χ4v) is 10.1. The second-order valence-electron chi connectivity index (χ2n) is 16.9. The zero-order chi connectivity index (χ0) is 42.7. The Morgan fingerprint density at radius 1 is 0.951 bits per heavy atom. The van der Waals surface area contributed by atoms with Crippen molar-refractivity contribution in [2.45, 2.75) is 116 Å². The Morgan fingerprint density at radius 3 is 2.43 bits per heavy atom. The first-order valence-electron chi connectivity index (χ1n) is 22.4. The van der Waals surface area contributed by atoms with Crippen LogP contribution < -0.4 is 15.2 Å². The predicted molar refractivity (Wildman–Crippen MR) is 236 cm³/mol. The number of aryl methyl sites for hydroxylation is 2. The molecule has 12 nitrogen and oxygen atoms in total. The molecule has 0 spiro atoms. The van der Waals surface area contributed by atoms with Gasteiger partial charge >= 0.3 is 18.0 Å². The largest absolute Gasteiger partial charge is 0.457 e. The number of ether oxygens (including phenoxy) is 3. The maximum Gasteiger partial charge on any atom is 0.415 e. The number of esters is 2. The highest BCUT2D eigenvalue weighted by Gasteiger charge is 2.50. The molecule has 61 heavy (non-hydrogen) atoms. The van der Waals surface area contributed by atoms with Crippen molar-refractivity contribution < 1.29 is 28.6 Å². The number of benzene rings is 2. The van der Waals surface area contributed by atoms with Gasteiger partial charge in [0, 0.05) is 66.7 Å². The number of aromatic nitrogens is 2. The van der Waals surface area contributed by atoms with Gasteiger partial charge in [0.15, 0.2) is 0 Å². The molecule has 0 N–H and O–H groups in total. The number of halogens is 1. The lowest BCUT2D eigenvalue weighted by Crippen LogP contribution is -2.48. The normalized spacial score (nSPS) is 19.0. The molecule has 4 aliphatic heterocycles. The van der Waals surface area contributed by atoms with Crippen LogP contribution in [0.5, 0.6) is 5.75 Å². The maximum absolute atomic E-state index is 14.3. The summed E-state index contributed by atoms with van der Waals surface area (Å²) in [5.74, 6) is -0.205. The molecular formula is C48H58ClN5O7. The molecule has 13 heteroatoms. The Labute approximate surface area is 363 Å². The number of cyclic esters (lactones) is 1. The van der Waals surface area contributed by atoms with Gasteiger partial charge in [-0.15, -0.1) is 11.6 Å². The number of carbonyl (C=O) groups excluding carboxylic acids is 3. The van der Waals surface area contributed by atoms with E-state index in [2.05, 4.69) is 47.9 Å². The summed E-state index contributed by atoms with van der Waals surface area (Å²) in [4.78, 5) is 66.6. The zero-order valence-corrected chi connectivity index (χ0v) is 36.6. The molecule has 2 aromatic carbocycles. The van der Waals surface area contributed by atoms with Crippen LogP contribution in [0.1, 0.15) is 106 Å². The number of hydrogen-bond donors (Lipinski definition) is 0. The minimum Gasteiger partial charge on any atom is -0.457 e. The number of pyridine rings is 2. The van der Waals surface area contributed by atoms with Crippen LogP contribution in [0.15, 0.2) is 53.3 Å². The highest BCUT2D eigenvalue weighted by Crippen LogP contribution is 2.43. The second kappa shape index (κ2) is 18.6. The topological polar surface area (TPSA) is 124 Å². The van der Waals surface area contributed by atoms with E-state index in [0.717, 1.165) is 73.2 Å². The van der Waals surface area contributed by atoms with Crippen LogP contribution >= 0.6 is 11.6 Å². The number of alkyl halides is 1. The lowest BCUT2D eigenvalue weighted by Gasteiger charge is -2.39. The molecule has 6 heterocycles. The molecule has 1 atom stereocenters. The number of amides is 1. The molecule has 0 radical (unpaired) electrons. The predicted octanol–water partition coefficient (Wildman–Crippen LogP) is 8.12. The maximum atomic E-state index is 14.3. The molecule has 0 aliphatic carbocycles. The van der Waals surface area contributed by atoms with Gasteiger partial charge in [0.2, 0.25) is 5.60 Å². The van der Waals surface area contributed by atoms with Crippen LogP contribution in [0.3, 0.4) is 0 Å². The van der Waals surface area contributed by atoms with Gasteiger partial charge in [-0.05, 0) is 118 Å². The van der Waals surface area contributed by atoms with Crippen LogP contribution in [-0.4, -0.2) is 88.6 Å². The monoisotopic (exact) mass is 851 g/mol. The smallest absolute Gasteiger partial charge is 0.415 e. The van der Waals surface area contributed by atoms with E-state index >= 15 is 0 Å². The molecule has 2 fully saturated rings. The second-order valence-corrected chi connectivity index (χ2v) is 17.3. The molecule has 2 saturated heterocycles. The lowest BCUT2D eigenvalue weighted by atomic mass is 9.85. The number of fused-ring (bicyclic) bond motifs is 5. The van der Waals surface area contributed by atoms with Crippen molar-refractivity contribution in [2.75, 3.05) is 50.0 Å². The van der Waals surface area contributed by atoms with Crippen molar-refractivity contribution in [3.63, 3.8) is 0 Å². The van der Waals surface area contributed by atoms with E-state index in [1.165, 1.54) is 19.3 Å². The van der Waals surface area contributed by atoms with Gasteiger partial charge in [0.25, 0.3) is 5.56 Å². The summed E-state index contributed by atoms with van der Waals surface area (Å²) in [6.07, 6.45) is 8.44. The first-order valence-corrected chi connectivity index (χ1v) is 22.9. The highest BCUT2D eigenvalue weighted by atomic mass is 35.5. The summed E-state index contributed by atoms with van der Waals surface area (Å²) in [6.45, 7) is 11.4. The molecule has 4 aromatic rings. The van der Waals surface area contributed by atoms with Crippen molar-refractivity contribution in [3.05, 3.63) is 86.7 Å². The Balaban J connectivity index is 0.989. The number of carbonyl (C=O) groups is 3. The zero-order valence-electron chi connectivity index (χ0n) is 35.8. The molecule has 0 bridgehead atoms. The summed E-state index contributed by atoms with van der Waals surface area (Å²) in [6, 6.07) is 16.1. The molecule has 1 amide bonds. The van der Waals surface area contributed by atoms with Gasteiger partial charge in [0.1, 0.15) is 12.4 Å². The van der Waals surface area contributed by atoms with Crippen molar-refractivity contribution in [2.24, 2.45) is 0 Å². The van der Waals surface area contributed by atoms with E-state index in [1.54, 1.807) is 23.6 Å². The van der Waals surface area contributed by atoms with E-state index < -0.39 is 17.5 Å². The van der Waals surface area contributed by atoms with Crippen molar-refractivity contribution in [3.8, 4) is 17.1 Å². The van der Waals surface area contributed by atoms with Gasteiger partial charge in [-0.2, -0.15) is 0 Å². The number of piperidine rings is 2. The van der Waals surface area contributed by atoms with E-state index in [4.69, 9.17) is 30.8 Å². The minimum atomic E-state index is -1.76. The summed E-state index contributed by atoms with van der Waals surface area (Å²) >= 11 is 6.02. The third kappa shape index (κ3) is 8.50. The average molecular weight is 852 g/mol. The molecule has 4 aliphatic rings. The number of rotatable bonds is 14. The number of hydrogen-bond acceptors (Lipinski definition) is 10. The first-order chi connectivity index (χ1) is 29.7. The van der Waals surface area contributed by atoms with Crippen LogP contribution in [0.25, 0.3) is 22.3 Å². The Hall–Kier alpha value is -4.94. The highest BCUT2D eigenvalue weighted by molar-refractivity contribution is 6.18. The lowest BCUT2D eigenvalue weighted by molar-refractivity contribution is -0.189. The van der Waals surface area contributed by atoms with Gasteiger partial charge in [-0.25, -0.2) is 14.6 Å². The standard InChI is InChI=1S/C48H58ClN5O7/c1-4-22-51(27-21-49)33-15-13-32(14-16-33)11-10-12-43(55)61-48(6-3)40-29-42-44-38(30-54(42)45(56)39(40)31-59-46(48)57)36(5-2)37-28-35(17-18-41(37)50-44)60-47(58)53-25-19-34(20-26-53)52-23-8-7-9-24-52/h13-18,28-29,34H,4-12,19-27,30-31H2,1-3H3/t48-/m0/s1. The summed E-state index contributed by atoms with van der Waals surface area (Å²) in [7, 11) is 0. The third-order valence-electron chi connectivity index (χ3n) is 13.2. The van der Waals surface area contributed by atoms with Gasteiger partial charge in [0.05, 0.1) is 29.0 Å². The van der Waals surface area contributed by atoms with Gasteiger partial charge in [-0.3, -0.25) is 9.59 Å². The first kappa shape index (κ1) is 42.7. The number of nitrogens with zero attached hydrogens (tertiary/aromatic N) is 5. The quantitative estimate of drug-likeness (QED) is 0.0800. The Kier molecular flexibility index (Phi) is 13.0. The summed E-state index contributed by atoms with van der Waals surface area (Å²) in [5, 5.41) is 0.858. The molecule has 0 unspecified atom stereocenters.